The SMILES string of the molecule is CC(=O)OC(CC(C(C)C)N(C)C(=O)CC1CSC1)c1nc(C(=O)NC(Cc2ncc(C)cn2)CC(C)C(=O)O)cs1. The zero-order chi connectivity index (χ0) is 31.0. The molecule has 0 aromatic carbocycles. The molecule has 1 aliphatic heterocycles. The first-order chi connectivity index (χ1) is 19.8. The average Bonchev–Trinajstić information content (AvgIpc) is 3.39. The molecule has 3 rings (SSSR count). The highest BCUT2D eigenvalue weighted by molar-refractivity contribution is 8.00. The van der Waals surface area contributed by atoms with Gasteiger partial charge in [0.2, 0.25) is 5.91 Å². The van der Waals surface area contributed by atoms with Crippen LogP contribution in [0.2, 0.25) is 0 Å². The lowest BCUT2D eigenvalue weighted by Crippen LogP contribution is -2.43. The van der Waals surface area contributed by atoms with Crippen LogP contribution < -0.4 is 5.32 Å². The van der Waals surface area contributed by atoms with Crippen LogP contribution in [-0.2, 0) is 25.5 Å². The molecule has 42 heavy (non-hydrogen) atoms. The number of carbonyl (C=O) groups excluding carboxylic acids is 3. The number of aliphatic carboxylic acids is 1. The molecule has 2 amide bonds. The summed E-state index contributed by atoms with van der Waals surface area (Å²) in [5.41, 5.74) is 1.03. The zero-order valence-electron chi connectivity index (χ0n) is 25.0. The molecule has 0 spiro atoms. The van der Waals surface area contributed by atoms with Crippen molar-refractivity contribution in [1.82, 2.24) is 25.2 Å². The summed E-state index contributed by atoms with van der Waals surface area (Å²) in [6, 6.07) is -0.744. The number of amides is 2. The smallest absolute Gasteiger partial charge is 0.306 e. The number of aryl methyl sites for hydroxylation is 1. The maximum Gasteiger partial charge on any atom is 0.306 e. The van der Waals surface area contributed by atoms with Gasteiger partial charge < -0.3 is 20.1 Å². The largest absolute Gasteiger partial charge is 0.481 e. The van der Waals surface area contributed by atoms with Crippen molar-refractivity contribution >= 4 is 46.9 Å². The molecule has 2 aromatic rings. The van der Waals surface area contributed by atoms with Gasteiger partial charge in [0, 0.05) is 63.1 Å². The molecule has 0 saturated carbocycles. The Kier molecular flexibility index (Phi) is 12.3. The van der Waals surface area contributed by atoms with Gasteiger partial charge in [0.1, 0.15) is 16.5 Å². The van der Waals surface area contributed by atoms with E-state index < -0.39 is 35.9 Å². The summed E-state index contributed by atoms with van der Waals surface area (Å²) in [5.74, 6) is 0.444. The molecule has 0 radical (unpaired) electrons. The van der Waals surface area contributed by atoms with Crippen LogP contribution in [0.1, 0.15) is 79.9 Å². The van der Waals surface area contributed by atoms with E-state index in [1.807, 2.05) is 32.5 Å². The Balaban J connectivity index is 1.75. The summed E-state index contributed by atoms with van der Waals surface area (Å²) < 4.78 is 5.66. The van der Waals surface area contributed by atoms with Crippen LogP contribution in [-0.4, -0.2) is 79.3 Å². The summed E-state index contributed by atoms with van der Waals surface area (Å²) in [6.07, 6.45) is 3.89. The molecule has 11 nitrogen and oxygen atoms in total. The number of hydrogen-bond donors (Lipinski definition) is 2. The fraction of sp³-hybridized carbons (Fsp3) is 0.621. The van der Waals surface area contributed by atoms with E-state index in [1.54, 1.807) is 36.6 Å². The fourth-order valence-electron chi connectivity index (χ4n) is 4.74. The molecular formula is C29H41N5O6S2. The molecule has 2 N–H and O–H groups in total. The number of ether oxygens (including phenoxy) is 1. The summed E-state index contributed by atoms with van der Waals surface area (Å²) in [4.78, 5) is 64.7. The highest BCUT2D eigenvalue weighted by atomic mass is 32.2. The maximum atomic E-state index is 13.3. The number of nitrogens with one attached hydrogen (secondary N) is 1. The number of thioether (sulfide) groups is 1. The minimum Gasteiger partial charge on any atom is -0.481 e. The molecule has 1 fully saturated rings. The van der Waals surface area contributed by atoms with Crippen LogP contribution in [0.25, 0.3) is 0 Å². The van der Waals surface area contributed by atoms with Crippen LogP contribution in [0.4, 0.5) is 0 Å². The maximum absolute atomic E-state index is 13.3. The standard InChI is InChI=1S/C29H41N5O6S2/c1-16(2)23(34(6)26(36)8-20-13-41-14-20)10-24(40-19(5)35)28-33-22(15-42-28)27(37)32-21(7-18(4)29(38)39)9-25-30-11-17(3)12-31-25/h11-12,15-16,18,20-21,23-24H,7-10,13-14H2,1-6H3,(H,32,37)(H,38,39). The molecule has 4 unspecified atom stereocenters. The second-order valence-corrected chi connectivity index (χ2v) is 13.3. The van der Waals surface area contributed by atoms with E-state index in [-0.39, 0.29) is 36.4 Å². The highest BCUT2D eigenvalue weighted by Crippen LogP contribution is 2.32. The highest BCUT2D eigenvalue weighted by Gasteiger charge is 2.32. The minimum atomic E-state index is -0.964. The average molecular weight is 620 g/mol. The van der Waals surface area contributed by atoms with Crippen LogP contribution in [0.3, 0.4) is 0 Å². The Labute approximate surface area is 255 Å². The number of thiazole rings is 1. The Morgan fingerprint density at radius 1 is 1.14 bits per heavy atom. The van der Waals surface area contributed by atoms with Crippen LogP contribution >= 0.6 is 23.1 Å². The number of carboxylic acids is 1. The van der Waals surface area contributed by atoms with Crippen molar-refractivity contribution in [3.8, 4) is 0 Å². The van der Waals surface area contributed by atoms with Crippen molar-refractivity contribution in [1.29, 1.82) is 0 Å². The molecule has 1 aliphatic rings. The molecule has 3 heterocycles. The number of carboxylic acid groups (broad SMARTS) is 1. The van der Waals surface area contributed by atoms with Crippen molar-refractivity contribution in [2.24, 2.45) is 17.8 Å². The molecular weight excluding hydrogens is 578 g/mol. The molecule has 0 aliphatic carbocycles. The van der Waals surface area contributed by atoms with Gasteiger partial charge in [-0.1, -0.05) is 20.8 Å². The van der Waals surface area contributed by atoms with Gasteiger partial charge in [0.15, 0.2) is 6.10 Å². The van der Waals surface area contributed by atoms with Crippen molar-refractivity contribution < 1.29 is 29.0 Å². The summed E-state index contributed by atoms with van der Waals surface area (Å²) >= 11 is 3.04. The van der Waals surface area contributed by atoms with E-state index in [9.17, 15) is 24.3 Å². The summed E-state index contributed by atoms with van der Waals surface area (Å²) in [6.45, 7) is 8.82. The first-order valence-corrected chi connectivity index (χ1v) is 16.1. The Hall–Kier alpha value is -3.06. The van der Waals surface area contributed by atoms with E-state index in [0.29, 0.717) is 29.6 Å². The second kappa shape index (κ2) is 15.4. The topological polar surface area (TPSA) is 152 Å². The van der Waals surface area contributed by atoms with Crippen LogP contribution in [0.5, 0.6) is 0 Å². The van der Waals surface area contributed by atoms with Crippen LogP contribution in [0.15, 0.2) is 17.8 Å². The number of rotatable bonds is 15. The van der Waals surface area contributed by atoms with Gasteiger partial charge in [-0.25, -0.2) is 15.0 Å². The third-order valence-corrected chi connectivity index (χ3v) is 9.63. The number of aromatic nitrogens is 3. The normalized spacial score (nSPS) is 16.2. The van der Waals surface area contributed by atoms with E-state index in [2.05, 4.69) is 20.3 Å². The Morgan fingerprint density at radius 2 is 1.81 bits per heavy atom. The van der Waals surface area contributed by atoms with E-state index in [0.717, 1.165) is 17.1 Å². The molecule has 2 aromatic heterocycles. The Bertz CT molecular complexity index is 1230. The lowest BCUT2D eigenvalue weighted by atomic mass is 9.95. The third kappa shape index (κ3) is 9.75. The van der Waals surface area contributed by atoms with E-state index in [1.165, 1.54) is 18.3 Å². The third-order valence-electron chi connectivity index (χ3n) is 7.28. The number of hydrogen-bond acceptors (Lipinski definition) is 10. The van der Waals surface area contributed by atoms with Crippen molar-refractivity contribution in [3.05, 3.63) is 39.9 Å². The molecule has 1 saturated heterocycles. The summed E-state index contributed by atoms with van der Waals surface area (Å²) in [7, 11) is 1.79. The van der Waals surface area contributed by atoms with Gasteiger partial charge in [0.05, 0.1) is 5.92 Å². The monoisotopic (exact) mass is 619 g/mol. The van der Waals surface area contributed by atoms with Gasteiger partial charge in [-0.05, 0) is 42.2 Å². The van der Waals surface area contributed by atoms with Gasteiger partial charge in [-0.15, -0.1) is 11.3 Å². The molecule has 13 heteroatoms. The number of carbonyl (C=O) groups is 4. The lowest BCUT2D eigenvalue weighted by Gasteiger charge is -2.35. The predicted molar refractivity (Wildman–Crippen MR) is 161 cm³/mol. The number of esters is 1. The molecule has 0 bridgehead atoms. The van der Waals surface area contributed by atoms with E-state index in [4.69, 9.17) is 4.74 Å². The van der Waals surface area contributed by atoms with Crippen molar-refractivity contribution in [2.45, 2.75) is 78.5 Å². The van der Waals surface area contributed by atoms with Crippen molar-refractivity contribution in [2.75, 3.05) is 18.6 Å². The first-order valence-electron chi connectivity index (χ1n) is 14.1. The first kappa shape index (κ1) is 33.4. The quantitative estimate of drug-likeness (QED) is 0.281. The fourth-order valence-corrected chi connectivity index (χ4v) is 6.38. The minimum absolute atomic E-state index is 0.0685. The number of nitrogens with zero attached hydrogens (tertiary/aromatic N) is 4. The van der Waals surface area contributed by atoms with Crippen molar-refractivity contribution in [3.63, 3.8) is 0 Å². The summed E-state index contributed by atoms with van der Waals surface area (Å²) in [5, 5.41) is 14.4. The second-order valence-electron chi connectivity index (χ2n) is 11.4. The molecule has 4 atom stereocenters. The van der Waals surface area contributed by atoms with Gasteiger partial charge in [-0.2, -0.15) is 11.8 Å². The van der Waals surface area contributed by atoms with Crippen LogP contribution in [0, 0.1) is 24.7 Å². The Morgan fingerprint density at radius 3 is 2.36 bits per heavy atom. The zero-order valence-corrected chi connectivity index (χ0v) is 26.7. The predicted octanol–water partition coefficient (Wildman–Crippen LogP) is 3.92. The molecule has 230 valence electrons. The van der Waals surface area contributed by atoms with Gasteiger partial charge >= 0.3 is 11.9 Å². The van der Waals surface area contributed by atoms with Gasteiger partial charge in [-0.3, -0.25) is 19.2 Å². The van der Waals surface area contributed by atoms with E-state index >= 15 is 0 Å². The lowest BCUT2D eigenvalue weighted by molar-refractivity contribution is -0.148. The van der Waals surface area contributed by atoms with Gasteiger partial charge in [0.25, 0.3) is 5.91 Å².